The monoisotopic (exact) mass is 619 g/mol. The fraction of sp³-hybridized carbons (Fsp3) is 0.290. The molecule has 5 amide bonds. The van der Waals surface area contributed by atoms with E-state index in [1.807, 2.05) is 17.5 Å². The third-order valence-corrected chi connectivity index (χ3v) is 7.76. The third-order valence-electron chi connectivity index (χ3n) is 6.87. The van der Waals surface area contributed by atoms with Crippen molar-refractivity contribution in [1.82, 2.24) is 21.3 Å². The summed E-state index contributed by atoms with van der Waals surface area (Å²) in [4.78, 5) is 77.5. The molecule has 44 heavy (non-hydrogen) atoms. The summed E-state index contributed by atoms with van der Waals surface area (Å²) in [5.41, 5.74) is 1.76. The molecule has 1 aromatic heterocycles. The smallest absolute Gasteiger partial charge is 0.326 e. The van der Waals surface area contributed by atoms with Crippen LogP contribution in [0.15, 0.2) is 72.1 Å². The van der Waals surface area contributed by atoms with Gasteiger partial charge in [0.15, 0.2) is 0 Å². The van der Waals surface area contributed by atoms with Gasteiger partial charge in [0, 0.05) is 42.7 Å². The molecule has 0 unspecified atom stereocenters. The molecular formula is C31H33N5O7S. The number of fused-ring (bicyclic) bond motifs is 18. The van der Waals surface area contributed by atoms with Gasteiger partial charge in [-0.25, -0.2) is 4.79 Å². The fourth-order valence-corrected chi connectivity index (χ4v) is 5.34. The molecule has 3 aromatic rings. The second-order valence-electron chi connectivity index (χ2n) is 10.3. The molecule has 0 aliphatic carbocycles. The zero-order chi connectivity index (χ0) is 31.5. The Morgan fingerprint density at radius 3 is 2.11 bits per heavy atom. The van der Waals surface area contributed by atoms with E-state index in [0.717, 1.165) is 10.4 Å². The summed E-state index contributed by atoms with van der Waals surface area (Å²) < 4.78 is 0. The van der Waals surface area contributed by atoms with E-state index < -0.39 is 60.2 Å². The van der Waals surface area contributed by atoms with Gasteiger partial charge in [-0.2, -0.15) is 0 Å². The predicted molar refractivity (Wildman–Crippen MR) is 163 cm³/mol. The molecule has 230 valence electrons. The number of benzene rings is 2. The summed E-state index contributed by atoms with van der Waals surface area (Å²) in [7, 11) is 0. The van der Waals surface area contributed by atoms with Crippen LogP contribution in [0.4, 0.5) is 5.69 Å². The summed E-state index contributed by atoms with van der Waals surface area (Å²) in [6, 6.07) is 15.5. The van der Waals surface area contributed by atoms with Gasteiger partial charge in [-0.3, -0.25) is 24.0 Å². The van der Waals surface area contributed by atoms with E-state index in [4.69, 9.17) is 0 Å². The molecule has 3 heterocycles. The Morgan fingerprint density at radius 1 is 0.750 bits per heavy atom. The van der Waals surface area contributed by atoms with Crippen molar-refractivity contribution in [2.75, 3.05) is 11.9 Å². The zero-order valence-corrected chi connectivity index (χ0v) is 24.5. The summed E-state index contributed by atoms with van der Waals surface area (Å²) in [6.45, 7) is -0.495. The molecule has 6 N–H and O–H groups in total. The quantitative estimate of drug-likeness (QED) is 0.232. The SMILES string of the molecule is O=C1CCC(=O)N[C@H](Cc2cccs2)C(=O)NCC(=O)N[C@H](Cc2ccccc2)C(=O)N[C@H](C(=O)O)Cc2ccc(cc2)N1. The number of carboxylic acid groups (broad SMARTS) is 1. The molecule has 0 saturated heterocycles. The maximum absolute atomic E-state index is 13.3. The molecule has 2 aliphatic rings. The first-order valence-corrected chi connectivity index (χ1v) is 14.9. The van der Waals surface area contributed by atoms with Crippen LogP contribution >= 0.6 is 11.3 Å². The Kier molecular flexibility index (Phi) is 11.2. The lowest BCUT2D eigenvalue weighted by molar-refractivity contribution is -0.142. The Hall–Kier alpha value is -5.04. The van der Waals surface area contributed by atoms with E-state index in [2.05, 4.69) is 26.6 Å². The van der Waals surface area contributed by atoms with Gasteiger partial charge in [-0.05, 0) is 34.7 Å². The average molecular weight is 620 g/mol. The standard InChI is InChI=1S/C31H33N5O7S/c37-26-12-13-27(38)34-24(17-22-7-4-14-44-22)29(40)32-18-28(39)35-23(15-19-5-2-1-3-6-19)30(41)36-25(31(42)43)16-20-8-10-21(33-26)11-9-20/h1-11,14,23-25H,12-13,15-18H2,(H,32,40)(H,33,37)(H,34,38)(H,35,39)(H,36,41)(H,42,43)/t23-,24-,25+/m1/s1. The normalized spacial score (nSPS) is 20.7. The highest BCUT2D eigenvalue weighted by atomic mass is 32.1. The number of amides is 5. The number of aliphatic carboxylic acids is 1. The van der Waals surface area contributed by atoms with Crippen molar-refractivity contribution in [2.24, 2.45) is 0 Å². The van der Waals surface area contributed by atoms with Crippen molar-refractivity contribution in [3.8, 4) is 0 Å². The molecule has 13 heteroatoms. The van der Waals surface area contributed by atoms with E-state index in [9.17, 15) is 33.9 Å². The highest BCUT2D eigenvalue weighted by Crippen LogP contribution is 2.14. The topological polar surface area (TPSA) is 183 Å². The molecule has 2 aromatic carbocycles. The number of carbonyl (C=O) groups excluding carboxylic acids is 5. The van der Waals surface area contributed by atoms with Crippen LogP contribution < -0.4 is 26.6 Å². The zero-order valence-electron chi connectivity index (χ0n) is 23.7. The van der Waals surface area contributed by atoms with E-state index in [0.29, 0.717) is 11.3 Å². The maximum Gasteiger partial charge on any atom is 0.326 e. The first-order valence-electron chi connectivity index (χ1n) is 14.0. The Balaban J connectivity index is 1.58. The van der Waals surface area contributed by atoms with Gasteiger partial charge < -0.3 is 31.7 Å². The van der Waals surface area contributed by atoms with E-state index in [-0.39, 0.29) is 32.1 Å². The van der Waals surface area contributed by atoms with Gasteiger partial charge in [0.1, 0.15) is 18.1 Å². The lowest BCUT2D eigenvalue weighted by Crippen LogP contribution is -2.55. The van der Waals surface area contributed by atoms with Gasteiger partial charge in [-0.1, -0.05) is 48.5 Å². The van der Waals surface area contributed by atoms with E-state index >= 15 is 0 Å². The molecule has 0 spiro atoms. The Labute approximate surface area is 257 Å². The highest BCUT2D eigenvalue weighted by Gasteiger charge is 2.28. The molecule has 5 rings (SSSR count). The highest BCUT2D eigenvalue weighted by molar-refractivity contribution is 7.09. The summed E-state index contributed by atoms with van der Waals surface area (Å²) in [6.07, 6.45) is -0.120. The van der Waals surface area contributed by atoms with Crippen LogP contribution in [-0.2, 0) is 48.0 Å². The van der Waals surface area contributed by atoms with Gasteiger partial charge in [0.2, 0.25) is 29.5 Å². The first-order chi connectivity index (χ1) is 21.2. The summed E-state index contributed by atoms with van der Waals surface area (Å²) in [5, 5.41) is 24.7. The average Bonchev–Trinajstić information content (AvgIpc) is 3.52. The van der Waals surface area contributed by atoms with Crippen LogP contribution in [-0.4, -0.2) is 65.3 Å². The van der Waals surface area contributed by atoms with Crippen molar-refractivity contribution < 1.29 is 33.9 Å². The lowest BCUT2D eigenvalue weighted by atomic mass is 10.0. The Bertz CT molecular complexity index is 1480. The minimum Gasteiger partial charge on any atom is -0.480 e. The van der Waals surface area contributed by atoms with Gasteiger partial charge in [0.25, 0.3) is 0 Å². The van der Waals surface area contributed by atoms with Crippen molar-refractivity contribution in [1.29, 1.82) is 0 Å². The molecule has 2 bridgehead atoms. The van der Waals surface area contributed by atoms with E-state index in [1.165, 1.54) is 11.3 Å². The number of hydrogen-bond donors (Lipinski definition) is 6. The van der Waals surface area contributed by atoms with E-state index in [1.54, 1.807) is 54.6 Å². The van der Waals surface area contributed by atoms with Crippen LogP contribution in [0.3, 0.4) is 0 Å². The number of carboxylic acids is 1. The van der Waals surface area contributed by atoms with Crippen molar-refractivity contribution in [3.05, 3.63) is 88.1 Å². The lowest BCUT2D eigenvalue weighted by Gasteiger charge is -2.22. The number of nitrogens with one attached hydrogen (secondary N) is 5. The van der Waals surface area contributed by atoms with Crippen molar-refractivity contribution >= 4 is 52.5 Å². The molecule has 3 atom stereocenters. The van der Waals surface area contributed by atoms with Crippen LogP contribution in [0, 0.1) is 0 Å². The van der Waals surface area contributed by atoms with Crippen LogP contribution in [0.2, 0.25) is 0 Å². The predicted octanol–water partition coefficient (Wildman–Crippen LogP) is 1.16. The fourth-order valence-electron chi connectivity index (χ4n) is 4.58. The van der Waals surface area contributed by atoms with Crippen molar-refractivity contribution in [2.45, 2.75) is 50.2 Å². The minimum absolute atomic E-state index is 0.0524. The van der Waals surface area contributed by atoms with Crippen molar-refractivity contribution in [3.63, 3.8) is 0 Å². The van der Waals surface area contributed by atoms with Crippen LogP contribution in [0.5, 0.6) is 0 Å². The van der Waals surface area contributed by atoms with Crippen LogP contribution in [0.25, 0.3) is 0 Å². The van der Waals surface area contributed by atoms with Gasteiger partial charge in [0.05, 0.1) is 6.54 Å². The summed E-state index contributed by atoms with van der Waals surface area (Å²) in [5.74, 6) is -4.21. The number of hydrogen-bond acceptors (Lipinski definition) is 7. The number of carbonyl (C=O) groups is 6. The third kappa shape index (κ3) is 9.76. The number of anilines is 1. The molecule has 0 saturated carbocycles. The second-order valence-corrected chi connectivity index (χ2v) is 11.3. The number of rotatable bonds is 5. The van der Waals surface area contributed by atoms with Gasteiger partial charge in [-0.15, -0.1) is 11.3 Å². The number of thiophene rings is 1. The Morgan fingerprint density at radius 2 is 1.43 bits per heavy atom. The summed E-state index contributed by atoms with van der Waals surface area (Å²) >= 11 is 1.40. The van der Waals surface area contributed by atoms with Gasteiger partial charge >= 0.3 is 5.97 Å². The molecule has 0 fully saturated rings. The second kappa shape index (κ2) is 15.4. The molecular weight excluding hydrogens is 586 g/mol. The molecule has 2 aliphatic heterocycles. The first kappa shape index (κ1) is 31.9. The van der Waals surface area contributed by atoms with Crippen LogP contribution in [0.1, 0.15) is 28.8 Å². The maximum atomic E-state index is 13.3. The minimum atomic E-state index is -1.30. The largest absolute Gasteiger partial charge is 0.480 e. The molecule has 12 nitrogen and oxygen atoms in total. The molecule has 0 radical (unpaired) electrons.